The first-order valence-electron chi connectivity index (χ1n) is 16.2. The number of likely N-dealkylation sites (tertiary alicyclic amines) is 1. The third kappa shape index (κ3) is 8.14. The number of ether oxygens (including phenoxy) is 1. The van der Waals surface area contributed by atoms with Gasteiger partial charge in [-0.2, -0.15) is 13.2 Å². The lowest BCUT2D eigenvalue weighted by Crippen LogP contribution is -2.46. The van der Waals surface area contributed by atoms with Crippen LogP contribution in [0.25, 0.3) is 0 Å². The quantitative estimate of drug-likeness (QED) is 0.219. The number of halogens is 3. The number of piperazine rings is 1. The van der Waals surface area contributed by atoms with E-state index in [4.69, 9.17) is 4.74 Å². The van der Waals surface area contributed by atoms with Crippen LogP contribution in [0.3, 0.4) is 0 Å². The molecule has 10 nitrogen and oxygen atoms in total. The minimum atomic E-state index is -4.58. The van der Waals surface area contributed by atoms with Crippen molar-refractivity contribution in [3.63, 3.8) is 0 Å². The summed E-state index contributed by atoms with van der Waals surface area (Å²) in [5.41, 5.74) is 1.49. The Bertz CT molecular complexity index is 1840. The van der Waals surface area contributed by atoms with Crippen LogP contribution < -0.4 is 14.4 Å². The molecule has 2 saturated heterocycles. The van der Waals surface area contributed by atoms with Gasteiger partial charge in [0.15, 0.2) is 5.69 Å². The van der Waals surface area contributed by atoms with Crippen LogP contribution >= 0.6 is 0 Å². The Morgan fingerprint density at radius 2 is 1.57 bits per heavy atom. The number of hydrogen-bond acceptors (Lipinski definition) is 8. The van der Waals surface area contributed by atoms with Gasteiger partial charge >= 0.3 is 6.18 Å². The van der Waals surface area contributed by atoms with Crippen molar-refractivity contribution in [3.05, 3.63) is 102 Å². The Labute approximate surface area is 283 Å². The molecule has 0 unspecified atom stereocenters. The molecule has 0 spiro atoms. The third-order valence-corrected chi connectivity index (χ3v) is 10.4. The second kappa shape index (κ2) is 14.4. The maximum Gasteiger partial charge on any atom is 0.435 e. The molecule has 14 heteroatoms. The first kappa shape index (κ1) is 34.2. The Hall–Kier alpha value is -4.69. The number of alkyl halides is 3. The van der Waals surface area contributed by atoms with Gasteiger partial charge in [0, 0.05) is 50.9 Å². The van der Waals surface area contributed by atoms with Gasteiger partial charge in [-0.15, -0.1) is 10.2 Å². The number of hydrogen-bond donors (Lipinski definition) is 1. The van der Waals surface area contributed by atoms with Crippen LogP contribution in [0.15, 0.2) is 89.8 Å². The Balaban J connectivity index is 1.12. The lowest BCUT2D eigenvalue weighted by atomic mass is 9.89. The average Bonchev–Trinajstić information content (AvgIpc) is 3.12. The number of anilines is 2. The maximum absolute atomic E-state index is 13.7. The molecule has 6 rings (SSSR count). The van der Waals surface area contributed by atoms with Crippen LogP contribution in [0, 0.1) is 0 Å². The predicted octanol–water partition coefficient (Wildman–Crippen LogP) is 6.25. The van der Waals surface area contributed by atoms with Gasteiger partial charge in [-0.3, -0.25) is 9.52 Å². The van der Waals surface area contributed by atoms with E-state index in [1.54, 1.807) is 47.4 Å². The van der Waals surface area contributed by atoms with E-state index in [1.807, 2.05) is 18.2 Å². The number of rotatable bonds is 9. The zero-order valence-electron chi connectivity index (χ0n) is 26.9. The number of nitrogens with one attached hydrogen (secondary N) is 1. The monoisotopic (exact) mass is 694 g/mol. The molecule has 0 radical (unpaired) electrons. The Morgan fingerprint density at radius 1 is 0.878 bits per heavy atom. The van der Waals surface area contributed by atoms with Crippen molar-refractivity contribution in [1.82, 2.24) is 20.0 Å². The molecule has 3 aromatic carbocycles. The lowest BCUT2D eigenvalue weighted by molar-refractivity contribution is -0.141. The number of amides is 1. The van der Waals surface area contributed by atoms with Gasteiger partial charge in [0.25, 0.3) is 15.9 Å². The van der Waals surface area contributed by atoms with Crippen LogP contribution in [-0.2, 0) is 16.2 Å². The summed E-state index contributed by atoms with van der Waals surface area (Å²) < 4.78 is 73.3. The second-order valence-electron chi connectivity index (χ2n) is 12.1. The number of nitrogens with zero attached hydrogens (tertiary/aromatic N) is 5. The molecule has 0 aliphatic carbocycles. The fourth-order valence-corrected chi connectivity index (χ4v) is 7.27. The summed E-state index contributed by atoms with van der Waals surface area (Å²) in [6, 6.07) is 22.6. The second-order valence-corrected chi connectivity index (χ2v) is 13.7. The molecule has 2 aliphatic heterocycles. The number of likely N-dealkylation sites (N-methyl/N-ethyl adjacent to an activating group) is 1. The average molecular weight is 695 g/mol. The first-order valence-corrected chi connectivity index (χ1v) is 17.7. The van der Waals surface area contributed by atoms with Gasteiger partial charge in [-0.25, -0.2) is 8.42 Å². The summed E-state index contributed by atoms with van der Waals surface area (Å²) in [6.45, 7) is 7.32. The summed E-state index contributed by atoms with van der Waals surface area (Å²) in [5, 5.41) is 6.68. The highest BCUT2D eigenvalue weighted by Gasteiger charge is 2.33. The molecule has 1 amide bonds. The van der Waals surface area contributed by atoms with Crippen molar-refractivity contribution in [2.24, 2.45) is 0 Å². The van der Waals surface area contributed by atoms with Gasteiger partial charge in [0.2, 0.25) is 5.88 Å². The molecule has 0 saturated carbocycles. The van der Waals surface area contributed by atoms with E-state index >= 15 is 0 Å². The number of carbonyl (C=O) groups is 1. The van der Waals surface area contributed by atoms with E-state index in [9.17, 15) is 26.4 Å². The van der Waals surface area contributed by atoms with E-state index in [-0.39, 0.29) is 22.6 Å². The lowest BCUT2D eigenvalue weighted by Gasteiger charge is -2.36. The molecule has 4 aromatic rings. The first-order chi connectivity index (χ1) is 23.5. The fourth-order valence-electron chi connectivity index (χ4n) is 6.19. The van der Waals surface area contributed by atoms with E-state index in [0.29, 0.717) is 30.1 Å². The molecule has 2 aliphatic rings. The van der Waals surface area contributed by atoms with Crippen molar-refractivity contribution in [2.45, 2.75) is 36.8 Å². The van der Waals surface area contributed by atoms with Crippen molar-refractivity contribution in [2.75, 3.05) is 55.4 Å². The van der Waals surface area contributed by atoms with Gasteiger partial charge < -0.3 is 19.4 Å². The summed E-state index contributed by atoms with van der Waals surface area (Å²) in [4.78, 5) is 20.2. The summed E-state index contributed by atoms with van der Waals surface area (Å²) >= 11 is 0. The maximum atomic E-state index is 13.7. The number of benzene rings is 3. The van der Waals surface area contributed by atoms with Gasteiger partial charge in [0.05, 0.1) is 16.3 Å². The van der Waals surface area contributed by atoms with E-state index < -0.39 is 21.9 Å². The standard InChI is InChI=1S/C35H37F3N6O4S/c1-2-42-20-22-43(23-21-42)31-13-10-27(24-30(31)41-49(46,47)29-6-4-3-5-7-29)34(45)44-18-16-26(17-19-44)25-8-11-28(12-9-25)48-33-15-14-32(39-40-33)35(36,37)38/h3-15,24,26,41H,2,16-23H2,1H3. The summed E-state index contributed by atoms with van der Waals surface area (Å²) in [5.74, 6) is 0.402. The zero-order valence-corrected chi connectivity index (χ0v) is 27.8. The number of piperidine rings is 1. The molecular weight excluding hydrogens is 657 g/mol. The number of aromatic nitrogens is 2. The molecule has 49 heavy (non-hydrogen) atoms. The largest absolute Gasteiger partial charge is 0.438 e. The molecule has 258 valence electrons. The van der Waals surface area contributed by atoms with E-state index in [1.165, 1.54) is 12.1 Å². The third-order valence-electron chi connectivity index (χ3n) is 8.99. The van der Waals surface area contributed by atoms with Crippen molar-refractivity contribution < 1.29 is 31.1 Å². The van der Waals surface area contributed by atoms with Crippen molar-refractivity contribution in [3.8, 4) is 11.6 Å². The topological polar surface area (TPSA) is 108 Å². The smallest absolute Gasteiger partial charge is 0.435 e. The minimum Gasteiger partial charge on any atom is -0.438 e. The highest BCUT2D eigenvalue weighted by atomic mass is 32.2. The molecule has 1 N–H and O–H groups in total. The molecule has 2 fully saturated rings. The van der Waals surface area contributed by atoms with Gasteiger partial charge in [-0.1, -0.05) is 37.3 Å². The normalized spacial score (nSPS) is 16.4. The molecule has 3 heterocycles. The SMILES string of the molecule is CCN1CCN(c2ccc(C(=O)N3CCC(c4ccc(Oc5ccc(C(F)(F)F)nn5)cc4)CC3)cc2NS(=O)(=O)c2ccccc2)CC1. The van der Waals surface area contributed by atoms with E-state index in [2.05, 4.69) is 31.6 Å². The summed E-state index contributed by atoms with van der Waals surface area (Å²) in [6.07, 6.45) is -3.12. The van der Waals surface area contributed by atoms with Crippen LogP contribution in [0.2, 0.25) is 0 Å². The molecule has 1 aromatic heterocycles. The van der Waals surface area contributed by atoms with Crippen molar-refractivity contribution >= 4 is 27.3 Å². The molecule has 0 bridgehead atoms. The number of carbonyl (C=O) groups excluding carboxylic acids is 1. The van der Waals surface area contributed by atoms with Crippen LogP contribution in [0.5, 0.6) is 11.6 Å². The number of sulfonamides is 1. The van der Waals surface area contributed by atoms with Gasteiger partial charge in [0.1, 0.15) is 5.75 Å². The van der Waals surface area contributed by atoms with Gasteiger partial charge in [-0.05, 0) is 79.4 Å². The molecular formula is C35H37F3N6O4S. The van der Waals surface area contributed by atoms with Crippen LogP contribution in [0.4, 0.5) is 24.5 Å². The summed E-state index contributed by atoms with van der Waals surface area (Å²) in [7, 11) is -3.89. The fraction of sp³-hybridized carbons (Fsp3) is 0.343. The van der Waals surface area contributed by atoms with Crippen molar-refractivity contribution in [1.29, 1.82) is 0 Å². The predicted molar refractivity (Wildman–Crippen MR) is 179 cm³/mol. The Kier molecular flexibility index (Phi) is 10.1. The highest BCUT2D eigenvalue weighted by molar-refractivity contribution is 7.92. The molecule has 0 atom stereocenters. The van der Waals surface area contributed by atoms with E-state index in [0.717, 1.165) is 68.9 Å². The Morgan fingerprint density at radius 3 is 2.18 bits per heavy atom. The highest BCUT2D eigenvalue weighted by Crippen LogP contribution is 2.34. The minimum absolute atomic E-state index is 0.0457. The van der Waals surface area contributed by atoms with Crippen LogP contribution in [0.1, 0.15) is 47.3 Å². The zero-order chi connectivity index (χ0) is 34.6. The van der Waals surface area contributed by atoms with Crippen LogP contribution in [-0.4, -0.2) is 80.1 Å².